The molecule has 3 aromatic rings. The highest BCUT2D eigenvalue weighted by Gasteiger charge is 2.09. The molecule has 0 bridgehead atoms. The fraction of sp³-hybridized carbons (Fsp3) is 0.278. The Balaban J connectivity index is 1.49. The maximum Gasteiger partial charge on any atom is 0.243 e. The Bertz CT molecular complexity index is 832. The van der Waals surface area contributed by atoms with Gasteiger partial charge in [0.25, 0.3) is 0 Å². The fourth-order valence-corrected chi connectivity index (χ4v) is 2.23. The zero-order valence-electron chi connectivity index (χ0n) is 14.5. The van der Waals surface area contributed by atoms with Crippen LogP contribution in [0.3, 0.4) is 0 Å². The number of ether oxygens (including phenoxy) is 1. The molecule has 26 heavy (non-hydrogen) atoms. The Labute approximate surface area is 151 Å². The van der Waals surface area contributed by atoms with Gasteiger partial charge in [0.05, 0.1) is 6.61 Å². The summed E-state index contributed by atoms with van der Waals surface area (Å²) >= 11 is 0. The van der Waals surface area contributed by atoms with Crippen molar-refractivity contribution >= 4 is 5.91 Å². The standard InChI is InChI=1S/C18H20N6O2/c1-2-10-26-16-7-5-14(6-8-16)11-20-17(25)13-24-22-18(21-23-24)15-4-3-9-19-12-15/h3-9,12H,2,10-11,13H2,1H3,(H,20,25). The van der Waals surface area contributed by atoms with E-state index >= 15 is 0 Å². The van der Waals surface area contributed by atoms with Crippen LogP contribution in [0, 0.1) is 0 Å². The first kappa shape index (κ1) is 17.5. The highest BCUT2D eigenvalue weighted by molar-refractivity contribution is 5.75. The normalized spacial score (nSPS) is 10.5. The molecule has 0 radical (unpaired) electrons. The van der Waals surface area contributed by atoms with E-state index in [9.17, 15) is 4.79 Å². The van der Waals surface area contributed by atoms with Gasteiger partial charge in [-0.25, -0.2) is 0 Å². The molecule has 2 heterocycles. The zero-order valence-corrected chi connectivity index (χ0v) is 14.5. The van der Waals surface area contributed by atoms with Gasteiger partial charge < -0.3 is 10.1 Å². The Hall–Kier alpha value is -3.29. The highest BCUT2D eigenvalue weighted by atomic mass is 16.5. The van der Waals surface area contributed by atoms with Crippen molar-refractivity contribution in [2.24, 2.45) is 0 Å². The van der Waals surface area contributed by atoms with Crippen LogP contribution in [0.25, 0.3) is 11.4 Å². The average Bonchev–Trinajstić information content (AvgIpc) is 3.14. The van der Waals surface area contributed by atoms with Crippen LogP contribution in [-0.4, -0.2) is 37.7 Å². The molecule has 8 nitrogen and oxygen atoms in total. The third-order valence-electron chi connectivity index (χ3n) is 3.54. The maximum atomic E-state index is 12.1. The second-order valence-electron chi connectivity index (χ2n) is 5.65. The molecular weight excluding hydrogens is 332 g/mol. The van der Waals surface area contributed by atoms with Crippen LogP contribution in [0.15, 0.2) is 48.8 Å². The minimum absolute atomic E-state index is 0.00492. The zero-order chi connectivity index (χ0) is 18.2. The highest BCUT2D eigenvalue weighted by Crippen LogP contribution is 2.12. The number of hydrogen-bond donors (Lipinski definition) is 1. The summed E-state index contributed by atoms with van der Waals surface area (Å²) in [5.74, 6) is 1.08. The van der Waals surface area contributed by atoms with E-state index < -0.39 is 0 Å². The van der Waals surface area contributed by atoms with E-state index in [1.54, 1.807) is 18.5 Å². The Morgan fingerprint density at radius 2 is 2.08 bits per heavy atom. The van der Waals surface area contributed by atoms with Gasteiger partial charge >= 0.3 is 0 Å². The number of nitrogens with zero attached hydrogens (tertiary/aromatic N) is 5. The molecule has 0 saturated carbocycles. The molecule has 1 amide bonds. The number of carbonyl (C=O) groups excluding carboxylic acids is 1. The molecule has 0 aliphatic carbocycles. The minimum atomic E-state index is -0.188. The number of tetrazole rings is 1. The quantitative estimate of drug-likeness (QED) is 0.665. The summed E-state index contributed by atoms with van der Waals surface area (Å²) in [5, 5.41) is 14.9. The summed E-state index contributed by atoms with van der Waals surface area (Å²) < 4.78 is 5.53. The SMILES string of the molecule is CCCOc1ccc(CNC(=O)Cn2nnc(-c3cccnc3)n2)cc1. The molecule has 0 aliphatic rings. The van der Waals surface area contributed by atoms with Crippen molar-refractivity contribution in [3.05, 3.63) is 54.4 Å². The lowest BCUT2D eigenvalue weighted by atomic mass is 10.2. The molecule has 3 rings (SSSR count). The topological polar surface area (TPSA) is 94.8 Å². The van der Waals surface area contributed by atoms with Crippen LogP contribution < -0.4 is 10.1 Å². The third-order valence-corrected chi connectivity index (χ3v) is 3.54. The third kappa shape index (κ3) is 4.85. The largest absolute Gasteiger partial charge is 0.494 e. The second-order valence-corrected chi connectivity index (χ2v) is 5.65. The van der Waals surface area contributed by atoms with Gasteiger partial charge in [0.2, 0.25) is 11.7 Å². The number of pyridine rings is 1. The van der Waals surface area contributed by atoms with Gasteiger partial charge in [-0.3, -0.25) is 9.78 Å². The van der Waals surface area contributed by atoms with Crippen molar-refractivity contribution in [1.82, 2.24) is 30.5 Å². The summed E-state index contributed by atoms with van der Waals surface area (Å²) in [6, 6.07) is 11.3. The number of aromatic nitrogens is 5. The van der Waals surface area contributed by atoms with Crippen LogP contribution in [0.5, 0.6) is 5.75 Å². The van der Waals surface area contributed by atoms with Gasteiger partial charge in [-0.2, -0.15) is 4.80 Å². The Morgan fingerprint density at radius 1 is 1.23 bits per heavy atom. The van der Waals surface area contributed by atoms with Gasteiger partial charge in [0, 0.05) is 24.5 Å². The molecule has 2 aromatic heterocycles. The number of rotatable bonds is 8. The van der Waals surface area contributed by atoms with E-state index in [1.165, 1.54) is 4.80 Å². The van der Waals surface area contributed by atoms with E-state index in [4.69, 9.17) is 4.74 Å². The van der Waals surface area contributed by atoms with Crippen LogP contribution in [-0.2, 0) is 17.9 Å². The number of carbonyl (C=O) groups is 1. The summed E-state index contributed by atoms with van der Waals surface area (Å²) in [6.45, 7) is 3.19. The van der Waals surface area contributed by atoms with Crippen LogP contribution in [0.4, 0.5) is 0 Å². The first-order valence-electron chi connectivity index (χ1n) is 8.41. The summed E-state index contributed by atoms with van der Waals surface area (Å²) in [7, 11) is 0. The van der Waals surface area contributed by atoms with Gasteiger partial charge in [-0.15, -0.1) is 10.2 Å². The number of benzene rings is 1. The molecular formula is C18H20N6O2. The minimum Gasteiger partial charge on any atom is -0.494 e. The van der Waals surface area contributed by atoms with Gasteiger partial charge in [-0.1, -0.05) is 19.1 Å². The van der Waals surface area contributed by atoms with Crippen molar-refractivity contribution in [2.75, 3.05) is 6.61 Å². The van der Waals surface area contributed by atoms with Crippen molar-refractivity contribution in [3.8, 4) is 17.1 Å². The first-order chi connectivity index (χ1) is 12.7. The molecule has 0 fully saturated rings. The molecule has 0 atom stereocenters. The van der Waals surface area contributed by atoms with Crippen molar-refractivity contribution in [1.29, 1.82) is 0 Å². The number of amides is 1. The second kappa shape index (κ2) is 8.70. The number of hydrogen-bond acceptors (Lipinski definition) is 6. The van der Waals surface area contributed by atoms with Gasteiger partial charge in [0.1, 0.15) is 12.3 Å². The molecule has 1 aromatic carbocycles. The maximum absolute atomic E-state index is 12.1. The van der Waals surface area contributed by atoms with Gasteiger partial charge in [0.15, 0.2) is 0 Å². The molecule has 0 unspecified atom stereocenters. The summed E-state index contributed by atoms with van der Waals surface area (Å²) in [4.78, 5) is 17.3. The lowest BCUT2D eigenvalue weighted by Gasteiger charge is -2.07. The van der Waals surface area contributed by atoms with Crippen molar-refractivity contribution in [3.63, 3.8) is 0 Å². The molecule has 0 saturated heterocycles. The molecule has 8 heteroatoms. The van der Waals surface area contributed by atoms with E-state index in [2.05, 4.69) is 32.6 Å². The molecule has 0 aliphatic heterocycles. The van der Waals surface area contributed by atoms with E-state index in [0.29, 0.717) is 19.0 Å². The predicted octanol–water partition coefficient (Wildman–Crippen LogP) is 1.84. The first-order valence-corrected chi connectivity index (χ1v) is 8.41. The van der Waals surface area contributed by atoms with Gasteiger partial charge in [-0.05, 0) is 41.5 Å². The molecule has 1 N–H and O–H groups in total. The van der Waals surface area contributed by atoms with Crippen LogP contribution in [0.1, 0.15) is 18.9 Å². The molecule has 0 spiro atoms. The summed E-state index contributed by atoms with van der Waals surface area (Å²) in [5.41, 5.74) is 1.74. The fourth-order valence-electron chi connectivity index (χ4n) is 2.23. The van der Waals surface area contributed by atoms with Crippen LogP contribution in [0.2, 0.25) is 0 Å². The Morgan fingerprint density at radius 3 is 2.81 bits per heavy atom. The lowest BCUT2D eigenvalue weighted by molar-refractivity contribution is -0.122. The van der Waals surface area contributed by atoms with E-state index in [1.807, 2.05) is 30.3 Å². The molecule has 134 valence electrons. The lowest BCUT2D eigenvalue weighted by Crippen LogP contribution is -2.28. The number of nitrogens with one attached hydrogen (secondary N) is 1. The van der Waals surface area contributed by atoms with Crippen molar-refractivity contribution in [2.45, 2.75) is 26.4 Å². The van der Waals surface area contributed by atoms with E-state index in [-0.39, 0.29) is 12.5 Å². The smallest absolute Gasteiger partial charge is 0.243 e. The summed E-state index contributed by atoms with van der Waals surface area (Å²) in [6.07, 6.45) is 4.29. The van der Waals surface area contributed by atoms with Crippen molar-refractivity contribution < 1.29 is 9.53 Å². The van der Waals surface area contributed by atoms with E-state index in [0.717, 1.165) is 23.3 Å². The van der Waals surface area contributed by atoms with Crippen LogP contribution >= 0.6 is 0 Å². The monoisotopic (exact) mass is 352 g/mol. The average molecular weight is 352 g/mol. The Kier molecular flexibility index (Phi) is 5.87. The predicted molar refractivity (Wildman–Crippen MR) is 95.1 cm³/mol.